The second-order valence-electron chi connectivity index (χ2n) is 12.7. The third kappa shape index (κ3) is 8.20. The van der Waals surface area contributed by atoms with Crippen LogP contribution < -0.4 is 5.32 Å². The molecule has 3 heterocycles. The van der Waals surface area contributed by atoms with Crippen molar-refractivity contribution in [2.45, 2.75) is 76.2 Å². The SMILES string of the molecule is O=C(NC1CCCCC1)[C@H](c1ccc(F)cc1)N(C(=O)c1ccc(CN2CCOCC2)o1)C1CCN(Cc2ccccc2)CC1. The lowest BCUT2D eigenvalue weighted by atomic mass is 9.93. The van der Waals surface area contributed by atoms with Gasteiger partial charge in [-0.1, -0.05) is 61.7 Å². The van der Waals surface area contributed by atoms with Crippen molar-refractivity contribution in [1.29, 1.82) is 0 Å². The Kier molecular flexibility index (Phi) is 10.6. The highest BCUT2D eigenvalue weighted by atomic mass is 19.1. The van der Waals surface area contributed by atoms with Gasteiger partial charge in [-0.3, -0.25) is 19.4 Å². The fraction of sp³-hybridized carbons (Fsp3) is 0.500. The summed E-state index contributed by atoms with van der Waals surface area (Å²) < 4.78 is 25.8. The molecule has 1 atom stereocenters. The number of carbonyl (C=O) groups excluding carboxylic acids is 2. The van der Waals surface area contributed by atoms with E-state index in [0.29, 0.717) is 43.9 Å². The van der Waals surface area contributed by atoms with Gasteiger partial charge >= 0.3 is 0 Å². The molecule has 0 spiro atoms. The van der Waals surface area contributed by atoms with Crippen LogP contribution in [0.5, 0.6) is 0 Å². The molecule has 2 aromatic carbocycles. The van der Waals surface area contributed by atoms with Crippen molar-refractivity contribution in [3.63, 3.8) is 0 Å². The highest BCUT2D eigenvalue weighted by Gasteiger charge is 2.40. The number of halogens is 1. The number of furan rings is 1. The lowest BCUT2D eigenvalue weighted by Gasteiger charge is -2.42. The van der Waals surface area contributed by atoms with Gasteiger partial charge in [-0.15, -0.1) is 0 Å². The summed E-state index contributed by atoms with van der Waals surface area (Å²) in [5, 5.41) is 3.27. The molecule has 1 aliphatic carbocycles. The first kappa shape index (κ1) is 31.5. The van der Waals surface area contributed by atoms with Crippen molar-refractivity contribution in [1.82, 2.24) is 20.0 Å². The number of likely N-dealkylation sites (tertiary alicyclic amines) is 1. The van der Waals surface area contributed by atoms with Crippen LogP contribution in [-0.4, -0.2) is 78.0 Å². The minimum Gasteiger partial charge on any atom is -0.455 e. The minimum absolute atomic E-state index is 0.0719. The van der Waals surface area contributed by atoms with Gasteiger partial charge in [0.1, 0.15) is 17.6 Å². The van der Waals surface area contributed by atoms with E-state index in [2.05, 4.69) is 39.4 Å². The molecule has 0 radical (unpaired) electrons. The van der Waals surface area contributed by atoms with Crippen LogP contribution in [0.2, 0.25) is 0 Å². The smallest absolute Gasteiger partial charge is 0.290 e. The average Bonchev–Trinajstić information content (AvgIpc) is 3.54. The second-order valence-corrected chi connectivity index (χ2v) is 12.7. The number of hydrogen-bond acceptors (Lipinski definition) is 6. The number of nitrogens with one attached hydrogen (secondary N) is 1. The molecule has 8 nitrogen and oxygen atoms in total. The Morgan fingerprint density at radius 3 is 2.22 bits per heavy atom. The normalized spacial score (nSPS) is 19.7. The van der Waals surface area contributed by atoms with Crippen LogP contribution in [0.1, 0.15) is 78.4 Å². The Labute approximate surface area is 265 Å². The summed E-state index contributed by atoms with van der Waals surface area (Å²) in [7, 11) is 0. The Hall–Kier alpha value is -3.53. The summed E-state index contributed by atoms with van der Waals surface area (Å²) >= 11 is 0. The van der Waals surface area contributed by atoms with Crippen LogP contribution in [0.15, 0.2) is 71.1 Å². The molecule has 3 fully saturated rings. The van der Waals surface area contributed by atoms with E-state index >= 15 is 0 Å². The van der Waals surface area contributed by atoms with Crippen molar-refractivity contribution >= 4 is 11.8 Å². The monoisotopic (exact) mass is 616 g/mol. The molecule has 0 unspecified atom stereocenters. The standard InChI is InChI=1S/C36H45FN4O4/c37-29-13-11-28(12-14-29)34(35(42)38-30-9-5-2-6-10-30)41(31-17-19-39(20-18-31)25-27-7-3-1-4-8-27)36(43)33-16-15-32(45-33)26-40-21-23-44-24-22-40/h1,3-4,7-8,11-16,30-31,34H,2,5-6,9-10,17-26H2,(H,38,42)/t34-/m0/s1. The van der Waals surface area contributed by atoms with E-state index in [1.807, 2.05) is 12.1 Å². The Morgan fingerprint density at radius 2 is 1.51 bits per heavy atom. The van der Waals surface area contributed by atoms with Gasteiger partial charge in [0.25, 0.3) is 5.91 Å². The van der Waals surface area contributed by atoms with Crippen molar-refractivity contribution in [2.24, 2.45) is 0 Å². The van der Waals surface area contributed by atoms with Gasteiger partial charge < -0.3 is 19.4 Å². The van der Waals surface area contributed by atoms with Gasteiger partial charge in [0, 0.05) is 44.8 Å². The van der Waals surface area contributed by atoms with Crippen LogP contribution >= 0.6 is 0 Å². The predicted molar refractivity (Wildman–Crippen MR) is 170 cm³/mol. The molecule has 1 N–H and O–H groups in total. The Morgan fingerprint density at radius 1 is 0.822 bits per heavy atom. The van der Waals surface area contributed by atoms with Crippen molar-refractivity contribution in [3.8, 4) is 0 Å². The van der Waals surface area contributed by atoms with Crippen LogP contribution in [0.4, 0.5) is 4.39 Å². The summed E-state index contributed by atoms with van der Waals surface area (Å²) in [5.41, 5.74) is 1.85. The highest BCUT2D eigenvalue weighted by Crippen LogP contribution is 2.32. The van der Waals surface area contributed by atoms with Gasteiger partial charge in [0.05, 0.1) is 19.8 Å². The number of piperidine rings is 1. The van der Waals surface area contributed by atoms with Crippen molar-refractivity contribution in [2.75, 3.05) is 39.4 Å². The fourth-order valence-electron chi connectivity index (χ4n) is 6.99. The Bertz CT molecular complexity index is 1380. The van der Waals surface area contributed by atoms with Gasteiger partial charge in [-0.05, 0) is 61.1 Å². The molecule has 3 aliphatic rings. The lowest BCUT2D eigenvalue weighted by molar-refractivity contribution is -0.128. The van der Waals surface area contributed by atoms with E-state index in [4.69, 9.17) is 9.15 Å². The number of benzene rings is 2. The summed E-state index contributed by atoms with van der Waals surface area (Å²) in [6.45, 7) is 6.01. The van der Waals surface area contributed by atoms with Gasteiger partial charge in [0.2, 0.25) is 5.91 Å². The molecule has 2 saturated heterocycles. The zero-order chi connectivity index (χ0) is 31.0. The molecule has 3 aromatic rings. The third-order valence-electron chi connectivity index (χ3n) is 9.45. The zero-order valence-electron chi connectivity index (χ0n) is 26.0. The summed E-state index contributed by atoms with van der Waals surface area (Å²) in [4.78, 5) is 35.1. The predicted octanol–water partition coefficient (Wildman–Crippen LogP) is 5.55. The van der Waals surface area contributed by atoms with Crippen LogP contribution in [0.25, 0.3) is 0 Å². The first-order valence-electron chi connectivity index (χ1n) is 16.6. The summed E-state index contributed by atoms with van der Waals surface area (Å²) in [5.74, 6) is 0.0352. The average molecular weight is 617 g/mol. The number of hydrogen-bond donors (Lipinski definition) is 1. The molecule has 45 heavy (non-hydrogen) atoms. The molecule has 2 aliphatic heterocycles. The number of rotatable bonds is 10. The molecular weight excluding hydrogens is 571 g/mol. The van der Waals surface area contributed by atoms with Gasteiger partial charge in [-0.25, -0.2) is 4.39 Å². The molecular formula is C36H45FN4O4. The number of carbonyl (C=O) groups is 2. The van der Waals surface area contributed by atoms with E-state index in [1.54, 1.807) is 23.1 Å². The highest BCUT2D eigenvalue weighted by molar-refractivity contribution is 5.96. The molecule has 1 aromatic heterocycles. The topological polar surface area (TPSA) is 78.3 Å². The Balaban J connectivity index is 1.28. The maximum Gasteiger partial charge on any atom is 0.290 e. The molecule has 240 valence electrons. The van der Waals surface area contributed by atoms with Gasteiger partial charge in [0.15, 0.2) is 5.76 Å². The molecule has 6 rings (SSSR count). The molecule has 1 saturated carbocycles. The van der Waals surface area contributed by atoms with Crippen molar-refractivity contribution in [3.05, 3.63) is 95.2 Å². The van der Waals surface area contributed by atoms with Crippen LogP contribution in [0, 0.1) is 5.82 Å². The van der Waals surface area contributed by atoms with Gasteiger partial charge in [-0.2, -0.15) is 0 Å². The van der Waals surface area contributed by atoms with Crippen LogP contribution in [-0.2, 0) is 22.6 Å². The zero-order valence-corrected chi connectivity index (χ0v) is 26.0. The largest absolute Gasteiger partial charge is 0.455 e. The fourth-order valence-corrected chi connectivity index (χ4v) is 6.99. The van der Waals surface area contributed by atoms with E-state index in [1.165, 1.54) is 24.1 Å². The van der Waals surface area contributed by atoms with Crippen molar-refractivity contribution < 1.29 is 23.1 Å². The molecule has 9 heteroatoms. The summed E-state index contributed by atoms with van der Waals surface area (Å²) in [6, 6.07) is 19.0. The van der Waals surface area contributed by atoms with E-state index in [0.717, 1.165) is 58.4 Å². The van der Waals surface area contributed by atoms with Crippen LogP contribution in [0.3, 0.4) is 0 Å². The number of amides is 2. The third-order valence-corrected chi connectivity index (χ3v) is 9.45. The first-order chi connectivity index (χ1) is 22.0. The number of morpholine rings is 1. The molecule has 2 amide bonds. The van der Waals surface area contributed by atoms with E-state index in [9.17, 15) is 14.0 Å². The summed E-state index contributed by atoms with van der Waals surface area (Å²) in [6.07, 6.45) is 6.61. The van der Waals surface area contributed by atoms with E-state index < -0.39 is 6.04 Å². The first-order valence-corrected chi connectivity index (χ1v) is 16.6. The maximum absolute atomic E-state index is 14.5. The maximum atomic E-state index is 14.5. The number of nitrogens with zero attached hydrogens (tertiary/aromatic N) is 3. The molecule has 0 bridgehead atoms. The lowest BCUT2D eigenvalue weighted by Crippen LogP contribution is -2.53. The minimum atomic E-state index is -0.904. The number of ether oxygens (including phenoxy) is 1. The second kappa shape index (κ2) is 15.2. The quantitative estimate of drug-likeness (QED) is 0.322. The van der Waals surface area contributed by atoms with E-state index in [-0.39, 0.29) is 35.5 Å².